The largest absolute Gasteiger partial charge is 0.494 e. The number of hydrogen-bond donors (Lipinski definition) is 2. The fraction of sp³-hybridized carbons (Fsp3) is 0.0870. The normalized spacial score (nSPS) is 11.1. The highest BCUT2D eigenvalue weighted by Crippen LogP contribution is 2.27. The topological polar surface area (TPSA) is 62.4 Å². The van der Waals surface area contributed by atoms with Crippen molar-refractivity contribution in [2.24, 2.45) is 4.99 Å². The van der Waals surface area contributed by atoms with Crippen molar-refractivity contribution in [1.82, 2.24) is 9.97 Å². The molecule has 0 atom stereocenters. The van der Waals surface area contributed by atoms with Crippen molar-refractivity contribution in [3.8, 4) is 28.6 Å². The summed E-state index contributed by atoms with van der Waals surface area (Å²) in [4.78, 5) is 11.0. The Kier molecular flexibility index (Phi) is 4.97. The molecule has 0 amide bonds. The molecule has 0 saturated heterocycles. The van der Waals surface area contributed by atoms with Crippen LogP contribution in [0, 0.1) is 6.92 Å². The van der Waals surface area contributed by atoms with E-state index in [2.05, 4.69) is 21.9 Å². The van der Waals surface area contributed by atoms with Crippen LogP contribution in [0.3, 0.4) is 0 Å². The molecule has 5 nitrogen and oxygen atoms in total. The highest BCUT2D eigenvalue weighted by atomic mass is 16.5. The van der Waals surface area contributed by atoms with Crippen molar-refractivity contribution in [3.63, 3.8) is 0 Å². The van der Waals surface area contributed by atoms with Gasteiger partial charge in [0.15, 0.2) is 0 Å². The van der Waals surface area contributed by atoms with E-state index < -0.39 is 0 Å². The Balaban J connectivity index is 1.48. The van der Waals surface area contributed by atoms with E-state index in [1.807, 2.05) is 72.9 Å². The smallest absolute Gasteiger partial charge is 0.146 e. The number of methoxy groups -OCH3 is 1. The summed E-state index contributed by atoms with van der Waals surface area (Å²) in [6.07, 6.45) is 3.65. The van der Waals surface area contributed by atoms with Gasteiger partial charge in [0.25, 0.3) is 0 Å². The zero-order valence-corrected chi connectivity index (χ0v) is 15.8. The Bertz CT molecular complexity index is 1060. The summed E-state index contributed by atoms with van der Waals surface area (Å²) >= 11 is 0. The second-order valence-electron chi connectivity index (χ2n) is 6.42. The van der Waals surface area contributed by atoms with Crippen LogP contribution in [0.15, 0.2) is 77.9 Å². The Labute approximate surface area is 163 Å². The van der Waals surface area contributed by atoms with Gasteiger partial charge in [-0.25, -0.2) is 0 Å². The highest BCUT2D eigenvalue weighted by Gasteiger charge is 2.09. The van der Waals surface area contributed by atoms with Crippen molar-refractivity contribution in [3.05, 3.63) is 84.2 Å². The Hall–Kier alpha value is -3.73. The molecule has 0 aliphatic rings. The van der Waals surface area contributed by atoms with Gasteiger partial charge < -0.3 is 19.4 Å². The molecule has 0 aliphatic heterocycles. The van der Waals surface area contributed by atoms with Gasteiger partial charge >= 0.3 is 0 Å². The lowest BCUT2D eigenvalue weighted by molar-refractivity contribution is 0.415. The number of nitrogens with zero attached hydrogens (tertiary/aromatic N) is 1. The van der Waals surface area contributed by atoms with Gasteiger partial charge in [0.1, 0.15) is 17.2 Å². The fourth-order valence-electron chi connectivity index (χ4n) is 2.84. The molecule has 2 N–H and O–H groups in total. The number of rotatable bonds is 6. The van der Waals surface area contributed by atoms with Crippen LogP contribution in [0.25, 0.3) is 11.4 Å². The fourth-order valence-corrected chi connectivity index (χ4v) is 2.84. The van der Waals surface area contributed by atoms with Crippen molar-refractivity contribution in [2.75, 3.05) is 7.11 Å². The van der Waals surface area contributed by atoms with Gasteiger partial charge in [0, 0.05) is 12.3 Å². The van der Waals surface area contributed by atoms with Crippen LogP contribution in [0.5, 0.6) is 17.2 Å². The molecule has 5 heteroatoms. The molecule has 0 aliphatic carbocycles. The minimum Gasteiger partial charge on any atom is -0.494 e. The van der Waals surface area contributed by atoms with Gasteiger partial charge in [-0.1, -0.05) is 17.7 Å². The number of H-pyrrole nitrogens is 2. The number of nitrogens with one attached hydrogen (secondary N) is 2. The van der Waals surface area contributed by atoms with E-state index in [0.717, 1.165) is 40.0 Å². The van der Waals surface area contributed by atoms with E-state index in [0.29, 0.717) is 0 Å². The maximum Gasteiger partial charge on any atom is 0.146 e. The third-order valence-corrected chi connectivity index (χ3v) is 4.35. The van der Waals surface area contributed by atoms with Crippen molar-refractivity contribution in [1.29, 1.82) is 0 Å². The molecule has 0 fully saturated rings. The molecule has 0 spiro atoms. The number of hydrogen-bond acceptors (Lipinski definition) is 3. The van der Waals surface area contributed by atoms with E-state index in [1.165, 1.54) is 5.56 Å². The summed E-state index contributed by atoms with van der Waals surface area (Å²) in [5, 5.41) is 0. The predicted molar refractivity (Wildman–Crippen MR) is 112 cm³/mol. The first-order valence-corrected chi connectivity index (χ1v) is 9.01. The molecule has 4 rings (SSSR count). The third kappa shape index (κ3) is 3.99. The first-order chi connectivity index (χ1) is 13.7. The van der Waals surface area contributed by atoms with Crippen LogP contribution in [0.1, 0.15) is 11.3 Å². The monoisotopic (exact) mass is 371 g/mol. The molecule has 0 radical (unpaired) electrons. The molecule has 0 unspecified atom stereocenters. The molecule has 0 saturated carbocycles. The van der Waals surface area contributed by atoms with Gasteiger partial charge in [-0.3, -0.25) is 4.99 Å². The quantitative estimate of drug-likeness (QED) is 0.416. The molecular weight excluding hydrogens is 350 g/mol. The number of aliphatic imine (C=N–C) groups is 1. The van der Waals surface area contributed by atoms with E-state index in [-0.39, 0.29) is 0 Å². The average molecular weight is 371 g/mol. The highest BCUT2D eigenvalue weighted by molar-refractivity contribution is 5.85. The van der Waals surface area contributed by atoms with Crippen molar-refractivity contribution >= 4 is 11.9 Å². The molecule has 4 aromatic rings. The van der Waals surface area contributed by atoms with Gasteiger partial charge in [-0.15, -0.1) is 0 Å². The first kappa shape index (κ1) is 17.7. The average Bonchev–Trinajstić information content (AvgIpc) is 3.39. The summed E-state index contributed by atoms with van der Waals surface area (Å²) in [7, 11) is 1.65. The Morgan fingerprint density at radius 1 is 0.893 bits per heavy atom. The Morgan fingerprint density at radius 3 is 2.25 bits per heavy atom. The maximum absolute atomic E-state index is 5.85. The first-order valence-electron chi connectivity index (χ1n) is 9.01. The minimum absolute atomic E-state index is 0.743. The minimum atomic E-state index is 0.743. The lowest BCUT2D eigenvalue weighted by Gasteiger charge is -2.06. The van der Waals surface area contributed by atoms with Gasteiger partial charge in [-0.05, 0) is 55.5 Å². The lowest BCUT2D eigenvalue weighted by atomic mass is 10.2. The number of ether oxygens (including phenoxy) is 2. The molecular formula is C23H21N3O2. The van der Waals surface area contributed by atoms with Crippen molar-refractivity contribution in [2.45, 2.75) is 6.92 Å². The van der Waals surface area contributed by atoms with Gasteiger partial charge in [-0.2, -0.15) is 0 Å². The van der Waals surface area contributed by atoms with Crippen LogP contribution in [0.2, 0.25) is 0 Å². The molecule has 28 heavy (non-hydrogen) atoms. The second kappa shape index (κ2) is 7.88. The molecule has 2 heterocycles. The molecule has 140 valence electrons. The second-order valence-corrected chi connectivity index (χ2v) is 6.42. The molecule has 2 aromatic carbocycles. The zero-order valence-electron chi connectivity index (χ0n) is 15.8. The third-order valence-electron chi connectivity index (χ3n) is 4.35. The number of aromatic amines is 2. The molecule has 2 aromatic heterocycles. The lowest BCUT2D eigenvalue weighted by Crippen LogP contribution is -1.88. The number of aromatic nitrogens is 2. The van der Waals surface area contributed by atoms with Gasteiger partial charge in [0.2, 0.25) is 0 Å². The van der Waals surface area contributed by atoms with E-state index in [4.69, 9.17) is 9.47 Å². The van der Waals surface area contributed by atoms with Crippen LogP contribution in [0.4, 0.5) is 5.69 Å². The standard InChI is InChI=1S/C23H21N3O2/c1-16-5-9-18(10-6-16)28-19-11-7-17(8-12-19)25-15-22-23(27-2)14-21(26-22)20-4-3-13-24-20/h3-15,24,26H,1-2H3. The summed E-state index contributed by atoms with van der Waals surface area (Å²) in [6, 6.07) is 21.5. The predicted octanol–water partition coefficient (Wildman–Crippen LogP) is 5.87. The zero-order chi connectivity index (χ0) is 19.3. The maximum atomic E-state index is 5.85. The van der Waals surface area contributed by atoms with E-state index >= 15 is 0 Å². The molecule has 0 bridgehead atoms. The number of benzene rings is 2. The van der Waals surface area contributed by atoms with Crippen molar-refractivity contribution < 1.29 is 9.47 Å². The van der Waals surface area contributed by atoms with Crippen LogP contribution in [-0.2, 0) is 0 Å². The SMILES string of the molecule is COc1cc(-c2ccc[nH]2)[nH]c1C=Nc1ccc(Oc2ccc(C)cc2)cc1. The summed E-state index contributed by atoms with van der Waals surface area (Å²) in [5.41, 5.74) is 4.79. The van der Waals surface area contributed by atoms with E-state index in [1.54, 1.807) is 13.3 Å². The van der Waals surface area contributed by atoms with Crippen LogP contribution in [-0.4, -0.2) is 23.3 Å². The summed E-state index contributed by atoms with van der Waals surface area (Å²) < 4.78 is 11.3. The summed E-state index contributed by atoms with van der Waals surface area (Å²) in [5.74, 6) is 2.33. The van der Waals surface area contributed by atoms with E-state index in [9.17, 15) is 0 Å². The van der Waals surface area contributed by atoms with Crippen LogP contribution < -0.4 is 9.47 Å². The number of aryl methyl sites for hydroxylation is 1. The van der Waals surface area contributed by atoms with Gasteiger partial charge in [0.05, 0.1) is 36.1 Å². The summed E-state index contributed by atoms with van der Waals surface area (Å²) in [6.45, 7) is 2.05. The Morgan fingerprint density at radius 2 is 1.61 bits per heavy atom. The van der Waals surface area contributed by atoms with Crippen LogP contribution >= 0.6 is 0 Å².